The molecule has 6 rings (SSSR count). The number of carbonyl (C=O) groups excluding carboxylic acids is 6. The summed E-state index contributed by atoms with van der Waals surface area (Å²) in [6.45, 7) is 20.0. The fourth-order valence-electron chi connectivity index (χ4n) is 9.03. The van der Waals surface area contributed by atoms with Gasteiger partial charge in [-0.3, -0.25) is 24.3 Å². The van der Waals surface area contributed by atoms with Crippen molar-refractivity contribution in [2.45, 2.75) is 156 Å². The largest absolute Gasteiger partial charge is 0.460 e. The lowest BCUT2D eigenvalue weighted by Crippen LogP contribution is -2.47. The predicted octanol–water partition coefficient (Wildman–Crippen LogP) is 9.94. The Balaban J connectivity index is 1.08. The number of Topliss-reactive ketones (excluding diaryl/α,β-unsaturated/α-hetero) is 1. The van der Waals surface area contributed by atoms with Crippen LogP contribution in [0.15, 0.2) is 66.7 Å². The number of anilines is 1. The molecule has 1 aromatic heterocycles. The van der Waals surface area contributed by atoms with Gasteiger partial charge < -0.3 is 35.1 Å². The number of hydrogen-bond donors (Lipinski definition) is 4. The van der Waals surface area contributed by atoms with E-state index >= 15 is 0 Å². The fourth-order valence-corrected chi connectivity index (χ4v) is 9.03. The monoisotopic (exact) mass is 990 g/mol. The Morgan fingerprint density at radius 2 is 1.38 bits per heavy atom. The Hall–Kier alpha value is -6.58. The van der Waals surface area contributed by atoms with Crippen molar-refractivity contribution in [3.8, 4) is 22.5 Å². The van der Waals surface area contributed by atoms with E-state index in [4.69, 9.17) is 14.2 Å². The standard InChI is InChI=1S/C56H75N7O9/c1-35-31-41(50(66)59-44-27-29-63(30-28-44)53(69)72-56(8,9)10)21-24-45(35)38-15-11-36(12-16-38)32-42(33-46(64)39-17-13-37(14-18-39)34-57-52(68)71-55(5,6)7)51(67)58-43-22-19-40(20-23-43)49-60-47(61-62-49)25-26-48(65)70-54(2,3)4/h11-12,15-16,19-24,31,37,39,42,44H,13-14,17-18,25-30,32-34H2,1-10H3,(H,57,68)(H,58,67)(H,59,66)(H,60,61,62)/t37?,39?,42-/m1/s1. The predicted molar refractivity (Wildman–Crippen MR) is 276 cm³/mol. The summed E-state index contributed by atoms with van der Waals surface area (Å²) >= 11 is 0. The third kappa shape index (κ3) is 17.0. The normalized spacial score (nSPS) is 17.1. The van der Waals surface area contributed by atoms with Gasteiger partial charge in [0.1, 0.15) is 28.4 Å². The number of alkyl carbamates (subject to hydrolysis) is 1. The van der Waals surface area contributed by atoms with E-state index < -0.39 is 28.8 Å². The van der Waals surface area contributed by atoms with Crippen molar-refractivity contribution in [1.82, 2.24) is 30.7 Å². The average Bonchev–Trinajstić information content (AvgIpc) is 3.78. The number of ketones is 1. The number of amides is 4. The molecule has 72 heavy (non-hydrogen) atoms. The van der Waals surface area contributed by atoms with E-state index in [2.05, 4.69) is 31.1 Å². The second kappa shape index (κ2) is 23.8. The number of aromatic nitrogens is 3. The summed E-state index contributed by atoms with van der Waals surface area (Å²) in [4.78, 5) is 84.8. The molecular weight excluding hydrogens is 915 g/mol. The molecule has 4 amide bonds. The number of rotatable bonds is 16. The molecule has 4 aromatic rings. The number of carbonyl (C=O) groups is 6. The van der Waals surface area contributed by atoms with Crippen LogP contribution in [0, 0.1) is 24.7 Å². The fraction of sp³-hybridized carbons (Fsp3) is 0.536. The van der Waals surface area contributed by atoms with E-state index in [1.54, 1.807) is 17.0 Å². The number of aromatic amines is 1. The van der Waals surface area contributed by atoms with Crippen molar-refractivity contribution in [1.29, 1.82) is 0 Å². The van der Waals surface area contributed by atoms with Crippen LogP contribution in [0.25, 0.3) is 22.5 Å². The smallest absolute Gasteiger partial charge is 0.410 e. The molecule has 388 valence electrons. The Morgan fingerprint density at radius 1 is 0.750 bits per heavy atom. The highest BCUT2D eigenvalue weighted by Gasteiger charge is 2.32. The van der Waals surface area contributed by atoms with E-state index in [0.717, 1.165) is 40.7 Å². The number of H-pyrrole nitrogens is 1. The van der Waals surface area contributed by atoms with Crippen molar-refractivity contribution in [3.63, 3.8) is 0 Å². The van der Waals surface area contributed by atoms with Gasteiger partial charge in [-0.05, 0) is 179 Å². The molecule has 1 aliphatic heterocycles. The first kappa shape index (κ1) is 54.7. The van der Waals surface area contributed by atoms with Crippen LogP contribution in [0.1, 0.15) is 141 Å². The highest BCUT2D eigenvalue weighted by molar-refractivity contribution is 5.97. The number of hydrogen-bond acceptors (Lipinski definition) is 11. The topological polar surface area (TPSA) is 211 Å². The Kier molecular flexibility index (Phi) is 18.1. The van der Waals surface area contributed by atoms with E-state index in [9.17, 15) is 28.8 Å². The van der Waals surface area contributed by atoms with Gasteiger partial charge in [0, 0.05) is 67.2 Å². The SMILES string of the molecule is Cc1cc(C(=O)NC2CCN(C(=O)OC(C)(C)C)CC2)ccc1-c1ccc(C[C@H](CC(=O)C2CCC(CNC(=O)OC(C)(C)C)CC2)C(=O)Nc2ccc(-c3n[nH]c(CCC(=O)OC(C)(C)C)n3)cc2)cc1. The summed E-state index contributed by atoms with van der Waals surface area (Å²) < 4.78 is 16.3. The van der Waals surface area contributed by atoms with Crippen LogP contribution in [-0.4, -0.2) is 98.3 Å². The van der Waals surface area contributed by atoms with Crippen molar-refractivity contribution in [2.75, 3.05) is 25.0 Å². The number of piperidine rings is 1. The zero-order chi connectivity index (χ0) is 52.4. The van der Waals surface area contributed by atoms with Crippen molar-refractivity contribution >= 4 is 41.4 Å². The Bertz CT molecular complexity index is 2520. The van der Waals surface area contributed by atoms with Crippen LogP contribution in [0.5, 0.6) is 0 Å². The van der Waals surface area contributed by atoms with E-state index in [0.29, 0.717) is 81.1 Å². The molecule has 16 nitrogen and oxygen atoms in total. The summed E-state index contributed by atoms with van der Waals surface area (Å²) in [7, 11) is 0. The van der Waals surface area contributed by atoms with Gasteiger partial charge in [-0.15, -0.1) is 0 Å². The highest BCUT2D eigenvalue weighted by atomic mass is 16.6. The summed E-state index contributed by atoms with van der Waals surface area (Å²) in [5, 5.41) is 16.3. The van der Waals surface area contributed by atoms with Crippen molar-refractivity contribution in [2.24, 2.45) is 17.8 Å². The zero-order valence-corrected chi connectivity index (χ0v) is 43.9. The summed E-state index contributed by atoms with van der Waals surface area (Å²) in [5.41, 5.74) is 3.87. The molecule has 3 aromatic carbocycles. The molecule has 2 heterocycles. The molecule has 1 saturated carbocycles. The summed E-state index contributed by atoms with van der Waals surface area (Å²) in [6, 6.07) is 20.8. The number of ether oxygens (including phenoxy) is 3. The number of benzene rings is 3. The van der Waals surface area contributed by atoms with Crippen LogP contribution in [0.2, 0.25) is 0 Å². The molecule has 16 heteroatoms. The molecule has 1 aliphatic carbocycles. The third-order valence-electron chi connectivity index (χ3n) is 12.7. The number of esters is 1. The van der Waals surface area contributed by atoms with Crippen molar-refractivity contribution in [3.05, 3.63) is 89.2 Å². The molecule has 0 radical (unpaired) electrons. The molecule has 2 aliphatic rings. The Labute approximate surface area is 424 Å². The maximum Gasteiger partial charge on any atom is 0.410 e. The van der Waals surface area contributed by atoms with Crippen LogP contribution < -0.4 is 16.0 Å². The first-order valence-corrected chi connectivity index (χ1v) is 25.4. The summed E-state index contributed by atoms with van der Waals surface area (Å²) in [5.74, 6) is -0.277. The van der Waals surface area contributed by atoms with Gasteiger partial charge in [0.25, 0.3) is 5.91 Å². The maximum absolute atomic E-state index is 14.2. The van der Waals surface area contributed by atoms with Crippen LogP contribution in [0.4, 0.5) is 15.3 Å². The molecule has 2 fully saturated rings. The minimum absolute atomic E-state index is 0.0513. The average molecular weight is 990 g/mol. The second-order valence-electron chi connectivity index (χ2n) is 22.4. The van der Waals surface area contributed by atoms with Gasteiger partial charge in [0.05, 0.1) is 6.42 Å². The van der Waals surface area contributed by atoms with Crippen LogP contribution in [-0.2, 0) is 41.4 Å². The minimum Gasteiger partial charge on any atom is -0.460 e. The van der Waals surface area contributed by atoms with E-state index in [1.165, 1.54) is 0 Å². The molecule has 1 saturated heterocycles. The van der Waals surface area contributed by atoms with Crippen molar-refractivity contribution < 1.29 is 43.0 Å². The van der Waals surface area contributed by atoms with Crippen LogP contribution in [0.3, 0.4) is 0 Å². The second-order valence-corrected chi connectivity index (χ2v) is 22.4. The van der Waals surface area contributed by atoms with Gasteiger partial charge in [0.15, 0.2) is 5.82 Å². The summed E-state index contributed by atoms with van der Waals surface area (Å²) in [6.07, 6.45) is 4.36. The quantitative estimate of drug-likeness (QED) is 0.0613. The van der Waals surface area contributed by atoms with Gasteiger partial charge in [-0.1, -0.05) is 30.3 Å². The lowest BCUT2D eigenvalue weighted by molar-refractivity contribution is -0.154. The third-order valence-corrected chi connectivity index (χ3v) is 12.7. The first-order chi connectivity index (χ1) is 33.9. The lowest BCUT2D eigenvalue weighted by Gasteiger charge is -2.33. The first-order valence-electron chi connectivity index (χ1n) is 25.4. The van der Waals surface area contributed by atoms with E-state index in [-0.39, 0.29) is 60.4 Å². The number of nitrogens with zero attached hydrogens (tertiary/aromatic N) is 3. The van der Waals surface area contributed by atoms with E-state index in [1.807, 2.05) is 124 Å². The molecule has 0 spiro atoms. The number of likely N-dealkylation sites (tertiary alicyclic amines) is 1. The molecule has 0 unspecified atom stereocenters. The zero-order valence-electron chi connectivity index (χ0n) is 43.9. The number of nitrogens with one attached hydrogen (secondary N) is 4. The van der Waals surface area contributed by atoms with Gasteiger partial charge in [0.2, 0.25) is 5.91 Å². The Morgan fingerprint density at radius 3 is 1.99 bits per heavy atom. The lowest BCUT2D eigenvalue weighted by atomic mass is 9.77. The molecular formula is C56H75N7O9. The molecule has 1 atom stereocenters. The van der Waals surface area contributed by atoms with Gasteiger partial charge >= 0.3 is 18.2 Å². The maximum atomic E-state index is 14.2. The number of aryl methyl sites for hydroxylation is 2. The van der Waals surface area contributed by atoms with Gasteiger partial charge in [-0.2, -0.15) is 5.10 Å². The van der Waals surface area contributed by atoms with Gasteiger partial charge in [-0.25, -0.2) is 14.6 Å². The van der Waals surface area contributed by atoms with Crippen LogP contribution >= 0.6 is 0 Å². The molecule has 4 N–H and O–H groups in total. The minimum atomic E-state index is -0.654. The molecule has 0 bridgehead atoms. The highest BCUT2D eigenvalue weighted by Crippen LogP contribution is 2.32.